The second-order valence-electron chi connectivity index (χ2n) is 7.06. The molecule has 1 aliphatic rings. The minimum absolute atomic E-state index is 0.110. The molecule has 0 saturated carbocycles. The summed E-state index contributed by atoms with van der Waals surface area (Å²) in [5.41, 5.74) is 1.37. The van der Waals surface area contributed by atoms with E-state index in [0.717, 1.165) is 5.56 Å². The van der Waals surface area contributed by atoms with Crippen LogP contribution >= 0.6 is 0 Å². The van der Waals surface area contributed by atoms with Gasteiger partial charge in [-0.15, -0.1) is 0 Å². The highest BCUT2D eigenvalue weighted by Crippen LogP contribution is 2.36. The highest BCUT2D eigenvalue weighted by Gasteiger charge is 2.37. The minimum atomic E-state index is -3.85. The molecule has 0 spiro atoms. The maximum Gasteiger partial charge on any atom is 0.264 e. The number of nitrogens with zero attached hydrogens (tertiary/aromatic N) is 1. The van der Waals surface area contributed by atoms with Crippen LogP contribution in [-0.2, 0) is 14.8 Å². The Labute approximate surface area is 176 Å². The molecule has 30 heavy (non-hydrogen) atoms. The van der Waals surface area contributed by atoms with Crippen molar-refractivity contribution in [2.75, 3.05) is 10.8 Å². The predicted octanol–water partition coefficient (Wildman–Crippen LogP) is 3.52. The molecule has 154 valence electrons. The van der Waals surface area contributed by atoms with E-state index in [-0.39, 0.29) is 23.4 Å². The molecule has 7 heteroatoms. The third kappa shape index (κ3) is 3.89. The summed E-state index contributed by atoms with van der Waals surface area (Å²) in [6.07, 6.45) is -0.968. The van der Waals surface area contributed by atoms with E-state index in [1.807, 2.05) is 37.3 Å². The molecular weight excluding hydrogens is 400 g/mol. The summed E-state index contributed by atoms with van der Waals surface area (Å²) in [5, 5.41) is 2.92. The van der Waals surface area contributed by atoms with Gasteiger partial charge in [0.2, 0.25) is 0 Å². The van der Waals surface area contributed by atoms with Crippen LogP contribution in [0.5, 0.6) is 5.75 Å². The molecular formula is C23H22N2O4S. The van der Waals surface area contributed by atoms with Crippen LogP contribution in [0.3, 0.4) is 0 Å². The van der Waals surface area contributed by atoms with Crippen LogP contribution in [0.25, 0.3) is 0 Å². The average Bonchev–Trinajstić information content (AvgIpc) is 2.79. The number of hydrogen-bond acceptors (Lipinski definition) is 4. The number of carbonyl (C=O) groups is 1. The van der Waals surface area contributed by atoms with E-state index in [4.69, 9.17) is 4.74 Å². The van der Waals surface area contributed by atoms with Gasteiger partial charge in [0.25, 0.3) is 15.9 Å². The standard InChI is InChI=1S/C23H22N2O4S/c1-17(18-10-4-2-5-11-18)24-23(26)22-16-25(20-14-8-9-15-21(20)29-22)30(27,28)19-12-6-3-7-13-19/h2-15,17,22H,16H2,1H3,(H,24,26). The van der Waals surface area contributed by atoms with Gasteiger partial charge in [-0.05, 0) is 36.8 Å². The lowest BCUT2D eigenvalue weighted by molar-refractivity contribution is -0.128. The van der Waals surface area contributed by atoms with Crippen LogP contribution in [0.4, 0.5) is 5.69 Å². The van der Waals surface area contributed by atoms with E-state index in [0.29, 0.717) is 11.4 Å². The highest BCUT2D eigenvalue weighted by atomic mass is 32.2. The van der Waals surface area contributed by atoms with Crippen molar-refractivity contribution in [2.24, 2.45) is 0 Å². The fourth-order valence-corrected chi connectivity index (χ4v) is 4.91. The van der Waals surface area contributed by atoms with E-state index in [9.17, 15) is 13.2 Å². The monoisotopic (exact) mass is 422 g/mol. The Morgan fingerprint density at radius 3 is 2.27 bits per heavy atom. The Balaban J connectivity index is 1.62. The zero-order valence-electron chi connectivity index (χ0n) is 16.4. The third-order valence-corrected chi connectivity index (χ3v) is 6.81. The summed E-state index contributed by atoms with van der Waals surface area (Å²) < 4.78 is 33.7. The quantitative estimate of drug-likeness (QED) is 0.683. The first-order valence-corrected chi connectivity index (χ1v) is 11.1. The topological polar surface area (TPSA) is 75.7 Å². The van der Waals surface area contributed by atoms with Crippen LogP contribution in [0.1, 0.15) is 18.5 Å². The SMILES string of the molecule is CC(NC(=O)C1CN(S(=O)(=O)c2ccccc2)c2ccccc2O1)c1ccccc1. The molecule has 1 N–H and O–H groups in total. The fraction of sp³-hybridized carbons (Fsp3) is 0.174. The predicted molar refractivity (Wildman–Crippen MR) is 115 cm³/mol. The van der Waals surface area contributed by atoms with Crippen LogP contribution < -0.4 is 14.4 Å². The number of para-hydroxylation sites is 2. The van der Waals surface area contributed by atoms with Gasteiger partial charge in [-0.1, -0.05) is 60.7 Å². The van der Waals surface area contributed by atoms with Gasteiger partial charge in [-0.25, -0.2) is 8.42 Å². The van der Waals surface area contributed by atoms with Gasteiger partial charge in [-0.2, -0.15) is 0 Å². The van der Waals surface area contributed by atoms with Crippen molar-refractivity contribution in [3.05, 3.63) is 90.5 Å². The lowest BCUT2D eigenvalue weighted by Gasteiger charge is -2.35. The summed E-state index contributed by atoms with van der Waals surface area (Å²) in [6, 6.07) is 24.3. The number of hydrogen-bond donors (Lipinski definition) is 1. The molecule has 3 aromatic rings. The maximum atomic E-state index is 13.3. The lowest BCUT2D eigenvalue weighted by Crippen LogP contribution is -2.51. The molecule has 3 aromatic carbocycles. The number of nitrogens with one attached hydrogen (secondary N) is 1. The van der Waals surface area contributed by atoms with Gasteiger partial charge >= 0.3 is 0 Å². The normalized spacial score (nSPS) is 16.8. The summed E-state index contributed by atoms with van der Waals surface area (Å²) in [6.45, 7) is 1.77. The molecule has 0 fully saturated rings. The number of amides is 1. The van der Waals surface area contributed by atoms with Crippen LogP contribution in [0.15, 0.2) is 89.8 Å². The first-order chi connectivity index (χ1) is 14.5. The Kier molecular flexibility index (Phi) is 5.46. The van der Waals surface area contributed by atoms with Crippen molar-refractivity contribution in [2.45, 2.75) is 24.0 Å². The van der Waals surface area contributed by atoms with Gasteiger partial charge in [0.1, 0.15) is 5.75 Å². The Morgan fingerprint density at radius 1 is 0.967 bits per heavy atom. The molecule has 0 aromatic heterocycles. The molecule has 2 atom stereocenters. The summed E-state index contributed by atoms with van der Waals surface area (Å²) in [5.74, 6) is -0.00936. The van der Waals surface area contributed by atoms with Crippen molar-refractivity contribution in [3.8, 4) is 5.75 Å². The van der Waals surface area contributed by atoms with E-state index in [2.05, 4.69) is 5.32 Å². The number of carbonyl (C=O) groups excluding carboxylic acids is 1. The number of ether oxygens (including phenoxy) is 1. The molecule has 0 bridgehead atoms. The molecule has 0 radical (unpaired) electrons. The maximum absolute atomic E-state index is 13.3. The zero-order valence-corrected chi connectivity index (χ0v) is 17.2. The molecule has 6 nitrogen and oxygen atoms in total. The Hall–Kier alpha value is -3.32. The number of rotatable bonds is 5. The zero-order chi connectivity index (χ0) is 21.1. The molecule has 1 amide bonds. The Morgan fingerprint density at radius 2 is 1.57 bits per heavy atom. The van der Waals surface area contributed by atoms with Gasteiger partial charge in [0.05, 0.1) is 23.2 Å². The van der Waals surface area contributed by atoms with Crippen LogP contribution in [-0.4, -0.2) is 27.0 Å². The highest BCUT2D eigenvalue weighted by molar-refractivity contribution is 7.92. The van der Waals surface area contributed by atoms with Crippen LogP contribution in [0.2, 0.25) is 0 Å². The van der Waals surface area contributed by atoms with E-state index in [1.54, 1.807) is 54.6 Å². The average molecular weight is 423 g/mol. The molecule has 0 aliphatic carbocycles. The van der Waals surface area contributed by atoms with Gasteiger partial charge < -0.3 is 10.1 Å². The van der Waals surface area contributed by atoms with Crippen LogP contribution in [0, 0.1) is 0 Å². The molecule has 1 aliphatic heterocycles. The van der Waals surface area contributed by atoms with E-state index < -0.39 is 16.1 Å². The second kappa shape index (κ2) is 8.20. The minimum Gasteiger partial charge on any atom is -0.476 e. The first kappa shape index (κ1) is 20.0. The third-order valence-electron chi connectivity index (χ3n) is 5.02. The Bertz CT molecular complexity index is 1130. The largest absolute Gasteiger partial charge is 0.476 e. The number of sulfonamides is 1. The summed E-state index contributed by atoms with van der Waals surface area (Å²) in [4.78, 5) is 13.1. The van der Waals surface area contributed by atoms with E-state index >= 15 is 0 Å². The van der Waals surface area contributed by atoms with E-state index in [1.165, 1.54) is 4.31 Å². The summed E-state index contributed by atoms with van der Waals surface area (Å²) in [7, 11) is -3.85. The molecule has 1 heterocycles. The van der Waals surface area contributed by atoms with Crippen molar-refractivity contribution in [3.63, 3.8) is 0 Å². The van der Waals surface area contributed by atoms with Gasteiger partial charge in [0, 0.05) is 0 Å². The molecule has 0 saturated heterocycles. The smallest absolute Gasteiger partial charge is 0.264 e. The number of anilines is 1. The molecule has 4 rings (SSSR count). The van der Waals surface area contributed by atoms with Crippen molar-refractivity contribution >= 4 is 21.6 Å². The van der Waals surface area contributed by atoms with Crippen molar-refractivity contribution in [1.29, 1.82) is 0 Å². The first-order valence-electron chi connectivity index (χ1n) is 9.65. The fourth-order valence-electron chi connectivity index (χ4n) is 3.42. The van der Waals surface area contributed by atoms with Gasteiger partial charge in [-0.3, -0.25) is 9.10 Å². The summed E-state index contributed by atoms with van der Waals surface area (Å²) >= 11 is 0. The van der Waals surface area contributed by atoms with Gasteiger partial charge in [0.15, 0.2) is 6.10 Å². The lowest BCUT2D eigenvalue weighted by atomic mass is 10.1. The molecule has 2 unspecified atom stereocenters. The van der Waals surface area contributed by atoms with Crippen molar-refractivity contribution < 1.29 is 17.9 Å². The number of benzene rings is 3. The van der Waals surface area contributed by atoms with Crippen molar-refractivity contribution in [1.82, 2.24) is 5.32 Å². The second-order valence-corrected chi connectivity index (χ2v) is 8.93. The number of fused-ring (bicyclic) bond motifs is 1.